The van der Waals surface area contributed by atoms with Gasteiger partial charge in [-0.1, -0.05) is 90.0 Å². The first-order chi connectivity index (χ1) is 28.0. The molecule has 0 saturated heterocycles. The van der Waals surface area contributed by atoms with E-state index in [1.807, 2.05) is 84.9 Å². The highest BCUT2D eigenvalue weighted by Gasteiger charge is 2.38. The summed E-state index contributed by atoms with van der Waals surface area (Å²) in [5, 5.41) is 0. The standard InChI is InChI=1S/C54H38O3/c1-5-40-12-26-47(27-13-40)54(48-28-14-41(15-29-48)6-9-44-20-34-51(55-2)35-21-44,49-30-16-42(17-31-49)7-10-45-22-36-52(56-3)37-23-45)50-32-18-43(19-33-50)8-11-46-24-38-53(57-4)39-25-46/h1,12-39H,2-4H3. The molecule has 0 aliphatic carbocycles. The van der Waals surface area contributed by atoms with E-state index in [0.29, 0.717) is 0 Å². The molecule has 0 bridgehead atoms. The molecule has 0 unspecified atom stereocenters. The number of hydrogen-bond donors (Lipinski definition) is 0. The van der Waals surface area contributed by atoms with Crippen molar-refractivity contribution in [3.63, 3.8) is 0 Å². The number of benzene rings is 7. The predicted molar refractivity (Wildman–Crippen MR) is 230 cm³/mol. The normalized spacial score (nSPS) is 10.3. The number of ether oxygens (including phenoxy) is 3. The van der Waals surface area contributed by atoms with E-state index >= 15 is 0 Å². The zero-order valence-electron chi connectivity index (χ0n) is 32.0. The molecule has 272 valence electrons. The summed E-state index contributed by atoms with van der Waals surface area (Å²) in [5.41, 5.74) is 9.78. The van der Waals surface area contributed by atoms with Gasteiger partial charge in [0.05, 0.1) is 26.7 Å². The topological polar surface area (TPSA) is 27.7 Å². The lowest BCUT2D eigenvalue weighted by Crippen LogP contribution is -2.31. The molecule has 0 N–H and O–H groups in total. The van der Waals surface area contributed by atoms with E-state index in [1.54, 1.807) is 21.3 Å². The molecular weight excluding hydrogens is 697 g/mol. The quantitative estimate of drug-likeness (QED) is 0.121. The van der Waals surface area contributed by atoms with Gasteiger partial charge in [0, 0.05) is 38.9 Å². The van der Waals surface area contributed by atoms with E-state index in [4.69, 9.17) is 20.6 Å². The van der Waals surface area contributed by atoms with Gasteiger partial charge in [0.1, 0.15) is 17.2 Å². The summed E-state index contributed by atoms with van der Waals surface area (Å²) in [4.78, 5) is 0. The van der Waals surface area contributed by atoms with Crippen molar-refractivity contribution in [1.82, 2.24) is 0 Å². The summed E-state index contributed by atoms with van der Waals surface area (Å²) in [7, 11) is 4.97. The first-order valence-corrected chi connectivity index (χ1v) is 18.4. The highest BCUT2D eigenvalue weighted by Crippen LogP contribution is 2.45. The maximum Gasteiger partial charge on any atom is 0.118 e. The fourth-order valence-electron chi connectivity index (χ4n) is 6.68. The summed E-state index contributed by atoms with van der Waals surface area (Å²) in [6.45, 7) is 0. The Balaban J connectivity index is 1.34. The SMILES string of the molecule is C#Cc1ccc(C(c2ccc(C#Cc3ccc(OC)cc3)cc2)(c2ccc(C#Cc3ccc(OC)cc3)cc2)c2ccc(C#Cc3ccc(OC)cc3)cc2)cc1. The molecule has 0 fully saturated rings. The zero-order valence-corrected chi connectivity index (χ0v) is 32.0. The van der Waals surface area contributed by atoms with Crippen molar-refractivity contribution >= 4 is 0 Å². The maximum atomic E-state index is 5.84. The lowest BCUT2D eigenvalue weighted by molar-refractivity contribution is 0.414. The Morgan fingerprint density at radius 1 is 0.298 bits per heavy atom. The number of methoxy groups -OCH3 is 3. The average molecular weight is 735 g/mol. The molecular formula is C54H38O3. The van der Waals surface area contributed by atoms with Gasteiger partial charge in [0.15, 0.2) is 0 Å². The Morgan fingerprint density at radius 3 is 0.684 bits per heavy atom. The molecule has 0 aliphatic heterocycles. The number of terminal acetylenes is 1. The molecule has 0 saturated carbocycles. The summed E-state index contributed by atoms with van der Waals surface area (Å²) in [6, 6.07) is 57.0. The molecule has 3 nitrogen and oxygen atoms in total. The van der Waals surface area contributed by atoms with E-state index in [0.717, 1.165) is 78.4 Å². The van der Waals surface area contributed by atoms with Crippen molar-refractivity contribution in [3.8, 4) is 65.1 Å². The van der Waals surface area contributed by atoms with Crippen LogP contribution in [0.1, 0.15) is 61.2 Å². The maximum absolute atomic E-state index is 5.84. The molecule has 0 heterocycles. The molecule has 7 aromatic carbocycles. The van der Waals surface area contributed by atoms with Crippen LogP contribution in [0.3, 0.4) is 0 Å². The molecule has 0 amide bonds. The Bertz CT molecular complexity index is 2420. The first-order valence-electron chi connectivity index (χ1n) is 18.4. The van der Waals surface area contributed by atoms with Gasteiger partial charge < -0.3 is 14.2 Å². The lowest BCUT2D eigenvalue weighted by atomic mass is 9.65. The monoisotopic (exact) mass is 734 g/mol. The largest absolute Gasteiger partial charge is 0.497 e. The minimum Gasteiger partial charge on any atom is -0.497 e. The summed E-state index contributed by atoms with van der Waals surface area (Å²) in [5.74, 6) is 25.0. The Labute approximate surface area is 335 Å². The van der Waals surface area contributed by atoms with Gasteiger partial charge in [-0.2, -0.15) is 0 Å². The third-order valence-corrected chi connectivity index (χ3v) is 9.76. The van der Waals surface area contributed by atoms with Gasteiger partial charge in [-0.3, -0.25) is 0 Å². The van der Waals surface area contributed by atoms with Crippen LogP contribution in [0, 0.1) is 47.9 Å². The van der Waals surface area contributed by atoms with Gasteiger partial charge in [-0.25, -0.2) is 0 Å². The van der Waals surface area contributed by atoms with E-state index in [1.165, 1.54) is 0 Å². The van der Waals surface area contributed by atoms with Gasteiger partial charge in [0.2, 0.25) is 0 Å². The third-order valence-electron chi connectivity index (χ3n) is 9.76. The van der Waals surface area contributed by atoms with Crippen LogP contribution in [0.2, 0.25) is 0 Å². The molecule has 7 rings (SSSR count). The van der Waals surface area contributed by atoms with Crippen LogP contribution in [-0.4, -0.2) is 21.3 Å². The van der Waals surface area contributed by atoms with Gasteiger partial charge in [-0.05, 0) is 144 Å². The van der Waals surface area contributed by atoms with Crippen molar-refractivity contribution in [2.24, 2.45) is 0 Å². The second kappa shape index (κ2) is 17.5. The predicted octanol–water partition coefficient (Wildman–Crippen LogP) is 10.3. The van der Waals surface area contributed by atoms with Crippen LogP contribution in [0.5, 0.6) is 17.2 Å². The smallest absolute Gasteiger partial charge is 0.118 e. The molecule has 0 aromatic heterocycles. The highest BCUT2D eigenvalue weighted by molar-refractivity contribution is 5.63. The highest BCUT2D eigenvalue weighted by atomic mass is 16.5. The fourth-order valence-corrected chi connectivity index (χ4v) is 6.68. The van der Waals surface area contributed by atoms with Crippen molar-refractivity contribution in [2.75, 3.05) is 21.3 Å². The second-order valence-corrected chi connectivity index (χ2v) is 13.1. The summed E-state index contributed by atoms with van der Waals surface area (Å²) >= 11 is 0. The molecule has 0 atom stereocenters. The van der Waals surface area contributed by atoms with Gasteiger partial charge in [0.25, 0.3) is 0 Å². The lowest BCUT2D eigenvalue weighted by Gasteiger charge is -2.37. The number of hydrogen-bond acceptors (Lipinski definition) is 3. The van der Waals surface area contributed by atoms with Gasteiger partial charge in [-0.15, -0.1) is 6.42 Å². The Kier molecular flexibility index (Phi) is 11.5. The zero-order chi connectivity index (χ0) is 39.5. The van der Waals surface area contributed by atoms with Crippen molar-refractivity contribution in [1.29, 1.82) is 0 Å². The molecule has 3 heteroatoms. The van der Waals surface area contributed by atoms with Gasteiger partial charge >= 0.3 is 0 Å². The minimum atomic E-state index is -0.737. The second-order valence-electron chi connectivity index (χ2n) is 13.1. The van der Waals surface area contributed by atoms with Crippen molar-refractivity contribution in [3.05, 3.63) is 231 Å². The first kappa shape index (κ1) is 37.5. The van der Waals surface area contributed by atoms with Crippen LogP contribution < -0.4 is 14.2 Å². The minimum absolute atomic E-state index is 0.737. The van der Waals surface area contributed by atoms with Crippen LogP contribution in [0.25, 0.3) is 0 Å². The van der Waals surface area contributed by atoms with Crippen LogP contribution in [0.15, 0.2) is 170 Å². The third kappa shape index (κ3) is 8.62. The van der Waals surface area contributed by atoms with Crippen LogP contribution >= 0.6 is 0 Å². The van der Waals surface area contributed by atoms with Crippen molar-refractivity contribution in [2.45, 2.75) is 5.41 Å². The average Bonchev–Trinajstić information content (AvgIpc) is 3.29. The molecule has 7 aromatic rings. The van der Waals surface area contributed by atoms with Crippen LogP contribution in [-0.2, 0) is 5.41 Å². The van der Waals surface area contributed by atoms with Crippen molar-refractivity contribution < 1.29 is 14.2 Å². The molecule has 0 aliphatic rings. The summed E-state index contributed by atoms with van der Waals surface area (Å²) in [6.07, 6.45) is 5.84. The van der Waals surface area contributed by atoms with E-state index in [2.05, 4.69) is 126 Å². The fraction of sp³-hybridized carbons (Fsp3) is 0.0741. The molecule has 0 radical (unpaired) electrons. The molecule has 0 spiro atoms. The van der Waals surface area contributed by atoms with E-state index in [-0.39, 0.29) is 0 Å². The molecule has 57 heavy (non-hydrogen) atoms. The van der Waals surface area contributed by atoms with E-state index < -0.39 is 5.41 Å². The Morgan fingerprint density at radius 2 is 0.491 bits per heavy atom. The van der Waals surface area contributed by atoms with E-state index in [9.17, 15) is 0 Å². The Hall–Kier alpha value is -7.82. The van der Waals surface area contributed by atoms with Crippen LogP contribution in [0.4, 0.5) is 0 Å². The number of rotatable bonds is 7. The summed E-state index contributed by atoms with van der Waals surface area (Å²) < 4.78 is 15.9.